The fourth-order valence-electron chi connectivity index (χ4n) is 1.64. The molecule has 0 aliphatic heterocycles. The number of rotatable bonds is 1. The number of H-pyrrole nitrogens is 1. The number of fused-ring (bicyclic) bond motifs is 1. The van der Waals surface area contributed by atoms with Gasteiger partial charge in [-0.2, -0.15) is 0 Å². The van der Waals surface area contributed by atoms with E-state index in [-0.39, 0.29) is 5.82 Å². The highest BCUT2D eigenvalue weighted by molar-refractivity contribution is 5.79. The molecule has 0 atom stereocenters. The van der Waals surface area contributed by atoms with Crippen molar-refractivity contribution in [2.24, 2.45) is 0 Å². The highest BCUT2D eigenvalue weighted by atomic mass is 19.1. The lowest BCUT2D eigenvalue weighted by molar-refractivity contribution is 0.628. The summed E-state index contributed by atoms with van der Waals surface area (Å²) in [5.41, 5.74) is 3.35. The van der Waals surface area contributed by atoms with Crippen LogP contribution >= 0.6 is 0 Å². The van der Waals surface area contributed by atoms with Crippen LogP contribution in [0.15, 0.2) is 42.7 Å². The Hall–Kier alpha value is -2.23. The second kappa shape index (κ2) is 3.41. The van der Waals surface area contributed by atoms with Crippen LogP contribution in [0.2, 0.25) is 0 Å². The molecule has 2 heterocycles. The molecule has 0 saturated heterocycles. The van der Waals surface area contributed by atoms with E-state index in [1.165, 1.54) is 12.1 Å². The highest BCUT2D eigenvalue weighted by Gasteiger charge is 2.04. The van der Waals surface area contributed by atoms with E-state index in [2.05, 4.69) is 15.0 Å². The quantitative estimate of drug-likeness (QED) is 0.675. The molecule has 3 rings (SSSR count). The second-order valence-corrected chi connectivity index (χ2v) is 3.48. The fraction of sp³-hybridized carbons (Fsp3) is 0. The number of aromatic amines is 1. The number of hydrogen-bond donors (Lipinski definition) is 1. The summed E-state index contributed by atoms with van der Waals surface area (Å²) in [5.74, 6) is -0.240. The molecule has 0 radical (unpaired) electrons. The van der Waals surface area contributed by atoms with Crippen LogP contribution in [0, 0.1) is 5.82 Å². The van der Waals surface area contributed by atoms with Gasteiger partial charge in [-0.3, -0.25) is 4.98 Å². The van der Waals surface area contributed by atoms with E-state index in [1.807, 2.05) is 6.07 Å². The molecule has 0 saturated carbocycles. The lowest BCUT2D eigenvalue weighted by Gasteiger charge is -1.96. The molecule has 1 aromatic carbocycles. The van der Waals surface area contributed by atoms with Crippen LogP contribution < -0.4 is 0 Å². The highest BCUT2D eigenvalue weighted by Crippen LogP contribution is 2.21. The predicted octanol–water partition coefficient (Wildman–Crippen LogP) is 2.76. The zero-order chi connectivity index (χ0) is 11.0. The minimum atomic E-state index is -0.240. The Morgan fingerprint density at radius 3 is 2.50 bits per heavy atom. The number of halogens is 1. The second-order valence-electron chi connectivity index (χ2n) is 3.48. The van der Waals surface area contributed by atoms with E-state index >= 15 is 0 Å². The molecule has 0 unspecified atom stereocenters. The normalized spacial score (nSPS) is 10.8. The van der Waals surface area contributed by atoms with Gasteiger partial charge >= 0.3 is 0 Å². The van der Waals surface area contributed by atoms with Gasteiger partial charge in [0.1, 0.15) is 11.3 Å². The van der Waals surface area contributed by atoms with Crippen molar-refractivity contribution in [3.05, 3.63) is 48.5 Å². The molecular formula is C12H8FN3. The largest absolute Gasteiger partial charge is 0.338 e. The van der Waals surface area contributed by atoms with Gasteiger partial charge in [0.15, 0.2) is 5.65 Å². The smallest absolute Gasteiger partial charge is 0.156 e. The van der Waals surface area contributed by atoms with Gasteiger partial charge in [-0.15, -0.1) is 0 Å². The SMILES string of the molecule is Fc1ccc(-c2cc3nccnc3[nH]2)cc1. The first-order valence-electron chi connectivity index (χ1n) is 4.88. The van der Waals surface area contributed by atoms with Crippen LogP contribution in [-0.2, 0) is 0 Å². The van der Waals surface area contributed by atoms with Gasteiger partial charge in [-0.1, -0.05) is 0 Å². The van der Waals surface area contributed by atoms with Crippen molar-refractivity contribution in [2.75, 3.05) is 0 Å². The number of aromatic nitrogens is 3. The van der Waals surface area contributed by atoms with Crippen LogP contribution in [0.4, 0.5) is 4.39 Å². The third kappa shape index (κ3) is 1.44. The maximum atomic E-state index is 12.8. The minimum absolute atomic E-state index is 0.240. The van der Waals surface area contributed by atoms with Gasteiger partial charge in [-0.05, 0) is 35.9 Å². The van der Waals surface area contributed by atoms with Gasteiger partial charge in [0.25, 0.3) is 0 Å². The van der Waals surface area contributed by atoms with Crippen molar-refractivity contribution in [3.8, 4) is 11.3 Å². The summed E-state index contributed by atoms with van der Waals surface area (Å²) in [6.45, 7) is 0. The zero-order valence-corrected chi connectivity index (χ0v) is 8.31. The van der Waals surface area contributed by atoms with E-state index in [0.29, 0.717) is 0 Å². The van der Waals surface area contributed by atoms with E-state index < -0.39 is 0 Å². The van der Waals surface area contributed by atoms with Crippen molar-refractivity contribution in [1.82, 2.24) is 15.0 Å². The molecule has 0 fully saturated rings. The molecule has 2 aromatic heterocycles. The summed E-state index contributed by atoms with van der Waals surface area (Å²) >= 11 is 0. The molecule has 3 nitrogen and oxygen atoms in total. The Labute approximate surface area is 91.0 Å². The summed E-state index contributed by atoms with van der Waals surface area (Å²) in [7, 11) is 0. The molecular weight excluding hydrogens is 205 g/mol. The van der Waals surface area contributed by atoms with Crippen molar-refractivity contribution < 1.29 is 4.39 Å². The average molecular weight is 213 g/mol. The molecule has 78 valence electrons. The van der Waals surface area contributed by atoms with Crippen molar-refractivity contribution in [2.45, 2.75) is 0 Å². The summed E-state index contributed by atoms with van der Waals surface area (Å²) in [4.78, 5) is 11.5. The van der Waals surface area contributed by atoms with E-state index in [1.54, 1.807) is 24.5 Å². The van der Waals surface area contributed by atoms with Crippen LogP contribution in [0.1, 0.15) is 0 Å². The van der Waals surface area contributed by atoms with Crippen LogP contribution in [-0.4, -0.2) is 15.0 Å². The summed E-state index contributed by atoms with van der Waals surface area (Å²) in [6, 6.07) is 8.21. The minimum Gasteiger partial charge on any atom is -0.338 e. The van der Waals surface area contributed by atoms with Crippen molar-refractivity contribution in [3.63, 3.8) is 0 Å². The first-order valence-corrected chi connectivity index (χ1v) is 4.88. The van der Waals surface area contributed by atoms with Crippen LogP contribution in [0.25, 0.3) is 22.4 Å². The molecule has 3 aromatic rings. The van der Waals surface area contributed by atoms with E-state index in [9.17, 15) is 4.39 Å². The standard InChI is InChI=1S/C12H8FN3/c13-9-3-1-8(2-4-9)10-7-11-12(16-10)15-6-5-14-11/h1-7H,(H,15,16). The first-order chi connectivity index (χ1) is 7.83. The number of benzene rings is 1. The maximum absolute atomic E-state index is 12.8. The van der Waals surface area contributed by atoms with Gasteiger partial charge < -0.3 is 4.98 Å². The molecule has 16 heavy (non-hydrogen) atoms. The Balaban J connectivity index is 2.15. The Kier molecular flexibility index (Phi) is 1.93. The summed E-state index contributed by atoms with van der Waals surface area (Å²) < 4.78 is 12.8. The lowest BCUT2D eigenvalue weighted by Crippen LogP contribution is -1.79. The molecule has 0 aliphatic rings. The third-order valence-corrected chi connectivity index (χ3v) is 2.42. The Bertz CT molecular complexity index is 595. The third-order valence-electron chi connectivity index (χ3n) is 2.42. The van der Waals surface area contributed by atoms with Gasteiger partial charge in [0.05, 0.1) is 0 Å². The summed E-state index contributed by atoms with van der Waals surface area (Å²) in [5, 5.41) is 0. The predicted molar refractivity (Wildman–Crippen MR) is 59.3 cm³/mol. The van der Waals surface area contributed by atoms with Crippen LogP contribution in [0.5, 0.6) is 0 Å². The Morgan fingerprint density at radius 1 is 1.00 bits per heavy atom. The number of hydrogen-bond acceptors (Lipinski definition) is 2. The molecule has 0 amide bonds. The van der Waals surface area contributed by atoms with E-state index in [0.717, 1.165) is 22.4 Å². The average Bonchev–Trinajstić information content (AvgIpc) is 2.73. The number of nitrogens with zero attached hydrogens (tertiary/aromatic N) is 2. The van der Waals surface area contributed by atoms with Crippen molar-refractivity contribution >= 4 is 11.2 Å². The fourth-order valence-corrected chi connectivity index (χ4v) is 1.64. The molecule has 0 spiro atoms. The molecule has 1 N–H and O–H groups in total. The van der Waals surface area contributed by atoms with E-state index in [4.69, 9.17) is 0 Å². The number of nitrogens with one attached hydrogen (secondary N) is 1. The van der Waals surface area contributed by atoms with Crippen LogP contribution in [0.3, 0.4) is 0 Å². The van der Waals surface area contributed by atoms with Gasteiger partial charge in [-0.25, -0.2) is 9.37 Å². The Morgan fingerprint density at radius 2 is 1.75 bits per heavy atom. The topological polar surface area (TPSA) is 41.6 Å². The maximum Gasteiger partial charge on any atom is 0.156 e. The monoisotopic (exact) mass is 213 g/mol. The van der Waals surface area contributed by atoms with Crippen molar-refractivity contribution in [1.29, 1.82) is 0 Å². The lowest BCUT2D eigenvalue weighted by atomic mass is 10.1. The molecule has 0 bridgehead atoms. The van der Waals surface area contributed by atoms with Gasteiger partial charge in [0.2, 0.25) is 0 Å². The zero-order valence-electron chi connectivity index (χ0n) is 8.31. The summed E-state index contributed by atoms with van der Waals surface area (Å²) in [6.07, 6.45) is 3.28. The first kappa shape index (κ1) is 9.03. The molecule has 4 heteroatoms. The molecule has 0 aliphatic carbocycles. The van der Waals surface area contributed by atoms with Gasteiger partial charge in [0, 0.05) is 18.1 Å².